The number of nitrogens with zero attached hydrogens (tertiary/aromatic N) is 1. The molecule has 0 bridgehead atoms. The first-order valence-corrected chi connectivity index (χ1v) is 13.5. The summed E-state index contributed by atoms with van der Waals surface area (Å²) < 4.78 is 0. The predicted molar refractivity (Wildman–Crippen MR) is 139 cm³/mol. The fourth-order valence-electron chi connectivity index (χ4n) is 4.21. The van der Waals surface area contributed by atoms with Crippen molar-refractivity contribution in [3.8, 4) is 0 Å². The molecule has 1 saturated carbocycles. The van der Waals surface area contributed by atoms with Gasteiger partial charge in [-0.15, -0.1) is 11.8 Å². The van der Waals surface area contributed by atoms with Gasteiger partial charge in [-0.3, -0.25) is 9.59 Å². The molecule has 7 heteroatoms. The molecule has 1 atom stereocenters. The van der Waals surface area contributed by atoms with Gasteiger partial charge in [-0.05, 0) is 42.5 Å². The maximum absolute atomic E-state index is 13.3. The minimum Gasteiger partial charge on any atom is -0.352 e. The van der Waals surface area contributed by atoms with Crippen LogP contribution in [0.4, 0.5) is 0 Å². The van der Waals surface area contributed by atoms with Crippen molar-refractivity contribution in [3.63, 3.8) is 0 Å². The van der Waals surface area contributed by atoms with Gasteiger partial charge in [-0.2, -0.15) is 0 Å². The average Bonchev–Trinajstić information content (AvgIpc) is 2.82. The molecule has 0 radical (unpaired) electrons. The smallest absolute Gasteiger partial charge is 0.243 e. The van der Waals surface area contributed by atoms with Crippen molar-refractivity contribution in [2.24, 2.45) is 0 Å². The van der Waals surface area contributed by atoms with E-state index in [0.717, 1.165) is 36.8 Å². The van der Waals surface area contributed by atoms with Gasteiger partial charge < -0.3 is 10.2 Å². The fourth-order valence-corrected chi connectivity index (χ4v) is 5.39. The number of hydrogen-bond donors (Lipinski definition) is 1. The Labute approximate surface area is 211 Å². The molecule has 33 heavy (non-hydrogen) atoms. The molecule has 1 aliphatic carbocycles. The number of thioether (sulfide) groups is 1. The molecular formula is C26H32Cl2N2O2S. The third-order valence-corrected chi connectivity index (χ3v) is 7.74. The van der Waals surface area contributed by atoms with E-state index in [0.29, 0.717) is 34.5 Å². The molecule has 0 saturated heterocycles. The number of nitrogens with one attached hydrogen (secondary N) is 1. The first-order chi connectivity index (χ1) is 16.0. The van der Waals surface area contributed by atoms with Crippen LogP contribution in [0.15, 0.2) is 48.5 Å². The zero-order valence-corrected chi connectivity index (χ0v) is 21.4. The van der Waals surface area contributed by atoms with E-state index < -0.39 is 6.04 Å². The second kappa shape index (κ2) is 13.3. The molecule has 1 unspecified atom stereocenters. The second-order valence-electron chi connectivity index (χ2n) is 8.52. The van der Waals surface area contributed by atoms with Gasteiger partial charge in [-0.1, -0.05) is 85.8 Å². The van der Waals surface area contributed by atoms with Gasteiger partial charge in [0.15, 0.2) is 0 Å². The van der Waals surface area contributed by atoms with Gasteiger partial charge in [0.25, 0.3) is 0 Å². The zero-order chi connectivity index (χ0) is 23.6. The van der Waals surface area contributed by atoms with E-state index >= 15 is 0 Å². The maximum Gasteiger partial charge on any atom is 0.243 e. The molecule has 178 valence electrons. The summed E-state index contributed by atoms with van der Waals surface area (Å²) in [7, 11) is 0. The van der Waals surface area contributed by atoms with Crippen molar-refractivity contribution >= 4 is 46.8 Å². The van der Waals surface area contributed by atoms with E-state index in [1.165, 1.54) is 18.2 Å². The number of benzene rings is 2. The van der Waals surface area contributed by atoms with Crippen LogP contribution in [0, 0.1) is 0 Å². The molecule has 2 aromatic carbocycles. The summed E-state index contributed by atoms with van der Waals surface area (Å²) in [6, 6.07) is 15.1. The van der Waals surface area contributed by atoms with E-state index in [4.69, 9.17) is 23.2 Å². The van der Waals surface area contributed by atoms with Gasteiger partial charge in [-0.25, -0.2) is 0 Å². The van der Waals surface area contributed by atoms with Crippen molar-refractivity contribution < 1.29 is 9.59 Å². The zero-order valence-electron chi connectivity index (χ0n) is 19.1. The van der Waals surface area contributed by atoms with Crippen molar-refractivity contribution in [1.29, 1.82) is 0 Å². The minimum absolute atomic E-state index is 0.0328. The molecule has 0 aromatic heterocycles. The Morgan fingerprint density at radius 3 is 2.42 bits per heavy atom. The Balaban J connectivity index is 1.67. The number of carbonyl (C=O) groups excluding carboxylic acids is 2. The summed E-state index contributed by atoms with van der Waals surface area (Å²) in [5.74, 6) is 0.866. The SMILES string of the molecule is CCC(C(=O)NC1CCCCC1)N(Cc1ccccc1)C(=O)CSCc1ccc(Cl)c(Cl)c1. The maximum atomic E-state index is 13.3. The van der Waals surface area contributed by atoms with E-state index in [-0.39, 0.29) is 17.9 Å². The Morgan fingerprint density at radius 2 is 1.76 bits per heavy atom. The van der Waals surface area contributed by atoms with Crippen molar-refractivity contribution in [2.45, 2.75) is 69.8 Å². The first-order valence-electron chi connectivity index (χ1n) is 11.6. The molecule has 1 aliphatic rings. The van der Waals surface area contributed by atoms with Crippen LogP contribution in [-0.2, 0) is 21.9 Å². The standard InChI is InChI=1S/C26H32Cl2N2O2S/c1-2-24(26(32)29-21-11-7-4-8-12-21)30(16-19-9-5-3-6-10-19)25(31)18-33-17-20-13-14-22(27)23(28)15-20/h3,5-6,9-10,13-15,21,24H,2,4,7-8,11-12,16-18H2,1H3,(H,29,32). The second-order valence-corrected chi connectivity index (χ2v) is 10.3. The molecule has 4 nitrogen and oxygen atoms in total. The number of amides is 2. The Hall–Kier alpha value is -1.69. The molecule has 0 heterocycles. The van der Waals surface area contributed by atoms with E-state index in [9.17, 15) is 9.59 Å². The summed E-state index contributed by atoms with van der Waals surface area (Å²) in [6.45, 7) is 2.39. The van der Waals surface area contributed by atoms with Crippen LogP contribution in [0.5, 0.6) is 0 Å². The lowest BCUT2D eigenvalue weighted by molar-refractivity contribution is -0.139. The highest BCUT2D eigenvalue weighted by Gasteiger charge is 2.30. The van der Waals surface area contributed by atoms with Crippen molar-refractivity contribution in [2.75, 3.05) is 5.75 Å². The van der Waals surface area contributed by atoms with E-state index in [1.54, 1.807) is 11.0 Å². The molecular weight excluding hydrogens is 475 g/mol. The summed E-state index contributed by atoms with van der Waals surface area (Å²) in [5, 5.41) is 4.25. The third kappa shape index (κ3) is 7.94. The normalized spacial score (nSPS) is 15.1. The van der Waals surface area contributed by atoms with Crippen LogP contribution in [0.2, 0.25) is 10.0 Å². The molecule has 0 aliphatic heterocycles. The monoisotopic (exact) mass is 506 g/mol. The van der Waals surface area contributed by atoms with Crippen LogP contribution in [0.1, 0.15) is 56.6 Å². The molecule has 1 N–H and O–H groups in total. The van der Waals surface area contributed by atoms with Gasteiger partial charge in [0.05, 0.1) is 15.8 Å². The molecule has 1 fully saturated rings. The van der Waals surface area contributed by atoms with Gasteiger partial charge >= 0.3 is 0 Å². The van der Waals surface area contributed by atoms with E-state index in [2.05, 4.69) is 5.32 Å². The topological polar surface area (TPSA) is 49.4 Å². The molecule has 2 aromatic rings. The quantitative estimate of drug-likeness (QED) is 0.400. The molecule has 3 rings (SSSR count). The predicted octanol–water partition coefficient (Wildman–Crippen LogP) is 6.48. The minimum atomic E-state index is -0.481. The summed E-state index contributed by atoms with van der Waals surface area (Å²) in [6.07, 6.45) is 6.16. The summed E-state index contributed by atoms with van der Waals surface area (Å²) in [5.41, 5.74) is 2.03. The van der Waals surface area contributed by atoms with Crippen LogP contribution in [0.25, 0.3) is 0 Å². The number of halogens is 2. The molecule has 2 amide bonds. The Kier molecular flexibility index (Phi) is 10.4. The largest absolute Gasteiger partial charge is 0.352 e. The van der Waals surface area contributed by atoms with Crippen LogP contribution in [-0.4, -0.2) is 34.6 Å². The highest BCUT2D eigenvalue weighted by molar-refractivity contribution is 7.99. The lowest BCUT2D eigenvalue weighted by Gasteiger charge is -2.32. The summed E-state index contributed by atoms with van der Waals surface area (Å²) >= 11 is 13.6. The Bertz CT molecular complexity index is 920. The van der Waals surface area contributed by atoms with Crippen LogP contribution in [0.3, 0.4) is 0 Å². The fraction of sp³-hybridized carbons (Fsp3) is 0.462. The first kappa shape index (κ1) is 25.9. The van der Waals surface area contributed by atoms with E-state index in [1.807, 2.05) is 49.4 Å². The van der Waals surface area contributed by atoms with Gasteiger partial charge in [0, 0.05) is 18.3 Å². The van der Waals surface area contributed by atoms with Crippen molar-refractivity contribution in [1.82, 2.24) is 10.2 Å². The van der Waals surface area contributed by atoms with Gasteiger partial charge in [0.2, 0.25) is 11.8 Å². The van der Waals surface area contributed by atoms with Gasteiger partial charge in [0.1, 0.15) is 6.04 Å². The highest BCUT2D eigenvalue weighted by atomic mass is 35.5. The summed E-state index contributed by atoms with van der Waals surface area (Å²) in [4.78, 5) is 28.3. The Morgan fingerprint density at radius 1 is 1.03 bits per heavy atom. The van der Waals surface area contributed by atoms with Crippen molar-refractivity contribution in [3.05, 3.63) is 69.7 Å². The number of carbonyl (C=O) groups is 2. The number of hydrogen-bond acceptors (Lipinski definition) is 3. The highest BCUT2D eigenvalue weighted by Crippen LogP contribution is 2.25. The number of rotatable bonds is 10. The van der Waals surface area contributed by atoms with Crippen LogP contribution >= 0.6 is 35.0 Å². The lowest BCUT2D eigenvalue weighted by Crippen LogP contribution is -2.52. The molecule has 0 spiro atoms. The third-order valence-electron chi connectivity index (χ3n) is 6.01. The van der Waals surface area contributed by atoms with Crippen LogP contribution < -0.4 is 5.32 Å². The average molecular weight is 508 g/mol. The lowest BCUT2D eigenvalue weighted by atomic mass is 9.95.